The lowest BCUT2D eigenvalue weighted by atomic mass is 10.0. The molecule has 0 amide bonds. The molecule has 0 aliphatic heterocycles. The van der Waals surface area contributed by atoms with Gasteiger partial charge in [-0.2, -0.15) is 0 Å². The zero-order valence-corrected chi connectivity index (χ0v) is 14.1. The third-order valence-electron chi connectivity index (χ3n) is 3.32. The number of rotatable bonds is 5. The van der Waals surface area contributed by atoms with E-state index in [-0.39, 0.29) is 6.04 Å². The molecule has 0 spiro atoms. The van der Waals surface area contributed by atoms with Crippen molar-refractivity contribution in [2.24, 2.45) is 5.73 Å². The maximum Gasteiger partial charge on any atom is 0.140 e. The van der Waals surface area contributed by atoms with Gasteiger partial charge in [-0.05, 0) is 71.7 Å². The Morgan fingerprint density at radius 2 is 1.90 bits per heavy atom. The van der Waals surface area contributed by atoms with E-state index < -0.39 is 0 Å². The molecule has 0 aliphatic carbocycles. The van der Waals surface area contributed by atoms with E-state index in [4.69, 9.17) is 10.5 Å². The number of ether oxygens (including phenoxy) is 1. The Morgan fingerprint density at radius 3 is 2.55 bits per heavy atom. The van der Waals surface area contributed by atoms with Gasteiger partial charge < -0.3 is 10.5 Å². The van der Waals surface area contributed by atoms with Crippen molar-refractivity contribution in [1.29, 1.82) is 0 Å². The van der Waals surface area contributed by atoms with Crippen LogP contribution in [0, 0.1) is 10.5 Å². The first kappa shape index (κ1) is 15.3. The van der Waals surface area contributed by atoms with E-state index in [0.29, 0.717) is 0 Å². The average Bonchev–Trinajstić information content (AvgIpc) is 2.44. The van der Waals surface area contributed by atoms with Crippen molar-refractivity contribution in [3.63, 3.8) is 0 Å². The lowest BCUT2D eigenvalue weighted by molar-refractivity contribution is 0.475. The fourth-order valence-corrected chi connectivity index (χ4v) is 2.54. The first-order valence-electron chi connectivity index (χ1n) is 6.87. The molecule has 2 nitrogen and oxygen atoms in total. The molecular weight excluding hydrogens is 361 g/mol. The molecule has 106 valence electrons. The number of nitrogens with two attached hydrogens (primary N) is 1. The number of hydrogen-bond acceptors (Lipinski definition) is 2. The van der Waals surface area contributed by atoms with E-state index in [9.17, 15) is 0 Å². The summed E-state index contributed by atoms with van der Waals surface area (Å²) in [5.74, 6) is 1.80. The zero-order valence-electron chi connectivity index (χ0n) is 11.9. The summed E-state index contributed by atoms with van der Waals surface area (Å²) in [6.45, 7) is 4.19. The lowest BCUT2D eigenvalue weighted by Crippen LogP contribution is -2.21. The summed E-state index contributed by atoms with van der Waals surface area (Å²) in [5, 5.41) is 0. The Balaban J connectivity index is 2.16. The molecule has 1 unspecified atom stereocenters. The molecule has 2 aromatic rings. The van der Waals surface area contributed by atoms with Crippen molar-refractivity contribution in [2.45, 2.75) is 32.7 Å². The summed E-state index contributed by atoms with van der Waals surface area (Å²) in [4.78, 5) is 0. The predicted molar refractivity (Wildman–Crippen MR) is 92.4 cm³/mol. The molecule has 0 aliphatic rings. The van der Waals surface area contributed by atoms with Gasteiger partial charge in [0.05, 0.1) is 3.57 Å². The average molecular weight is 381 g/mol. The standard InChI is InChI=1S/C17H20INO/c1-3-14(19)11-13-8-9-16(12(2)10-13)20-17-7-5-4-6-15(17)18/h4-10,14H,3,11,19H2,1-2H3. The molecule has 0 heterocycles. The highest BCUT2D eigenvalue weighted by atomic mass is 127. The largest absolute Gasteiger partial charge is 0.456 e. The van der Waals surface area contributed by atoms with Crippen LogP contribution in [-0.2, 0) is 6.42 Å². The molecule has 0 saturated carbocycles. The van der Waals surface area contributed by atoms with Crippen LogP contribution < -0.4 is 10.5 Å². The Hall–Kier alpha value is -1.07. The normalized spacial score (nSPS) is 12.2. The van der Waals surface area contributed by atoms with E-state index in [0.717, 1.165) is 33.5 Å². The van der Waals surface area contributed by atoms with Gasteiger partial charge >= 0.3 is 0 Å². The number of halogens is 1. The molecule has 20 heavy (non-hydrogen) atoms. The van der Waals surface area contributed by atoms with Crippen molar-refractivity contribution in [3.05, 3.63) is 57.2 Å². The van der Waals surface area contributed by atoms with Crippen LogP contribution in [0.5, 0.6) is 11.5 Å². The Labute approximate surface area is 134 Å². The molecule has 1 atom stereocenters. The van der Waals surface area contributed by atoms with Crippen LogP contribution in [0.2, 0.25) is 0 Å². The van der Waals surface area contributed by atoms with Crippen LogP contribution >= 0.6 is 22.6 Å². The highest BCUT2D eigenvalue weighted by Crippen LogP contribution is 2.29. The van der Waals surface area contributed by atoms with Crippen LogP contribution in [0.3, 0.4) is 0 Å². The van der Waals surface area contributed by atoms with Gasteiger partial charge in [-0.3, -0.25) is 0 Å². The summed E-state index contributed by atoms with van der Waals surface area (Å²) >= 11 is 2.29. The van der Waals surface area contributed by atoms with Crippen molar-refractivity contribution in [3.8, 4) is 11.5 Å². The van der Waals surface area contributed by atoms with Gasteiger partial charge in [-0.25, -0.2) is 0 Å². The monoisotopic (exact) mass is 381 g/mol. The second-order valence-corrected chi connectivity index (χ2v) is 6.17. The van der Waals surface area contributed by atoms with E-state index in [1.807, 2.05) is 30.3 Å². The second kappa shape index (κ2) is 7.09. The number of hydrogen-bond donors (Lipinski definition) is 1. The minimum Gasteiger partial charge on any atom is -0.456 e. The zero-order chi connectivity index (χ0) is 14.5. The van der Waals surface area contributed by atoms with Gasteiger partial charge in [-0.15, -0.1) is 0 Å². The number of para-hydroxylation sites is 1. The van der Waals surface area contributed by atoms with Crippen molar-refractivity contribution >= 4 is 22.6 Å². The van der Waals surface area contributed by atoms with Gasteiger partial charge in [0.25, 0.3) is 0 Å². The SMILES string of the molecule is CCC(N)Cc1ccc(Oc2ccccc2I)c(C)c1. The van der Waals surface area contributed by atoms with Gasteiger partial charge in [-0.1, -0.05) is 31.2 Å². The fraction of sp³-hybridized carbons (Fsp3) is 0.294. The Morgan fingerprint density at radius 1 is 1.15 bits per heavy atom. The van der Waals surface area contributed by atoms with E-state index in [1.54, 1.807) is 0 Å². The van der Waals surface area contributed by atoms with Crippen LogP contribution in [0.1, 0.15) is 24.5 Å². The highest BCUT2D eigenvalue weighted by molar-refractivity contribution is 14.1. The first-order valence-corrected chi connectivity index (χ1v) is 7.95. The van der Waals surface area contributed by atoms with Crippen LogP contribution in [0.15, 0.2) is 42.5 Å². The van der Waals surface area contributed by atoms with Crippen LogP contribution in [0.25, 0.3) is 0 Å². The minimum atomic E-state index is 0.233. The minimum absolute atomic E-state index is 0.233. The predicted octanol–water partition coefficient (Wildman–Crippen LogP) is 4.67. The lowest BCUT2D eigenvalue weighted by Gasteiger charge is -2.13. The smallest absolute Gasteiger partial charge is 0.140 e. The molecule has 2 aromatic carbocycles. The van der Waals surface area contributed by atoms with Crippen molar-refractivity contribution < 1.29 is 4.74 Å². The summed E-state index contributed by atoms with van der Waals surface area (Å²) < 4.78 is 7.10. The maximum absolute atomic E-state index is 6.00. The molecule has 0 radical (unpaired) electrons. The maximum atomic E-state index is 6.00. The molecule has 0 fully saturated rings. The van der Waals surface area contributed by atoms with Crippen molar-refractivity contribution in [1.82, 2.24) is 0 Å². The van der Waals surface area contributed by atoms with E-state index in [1.165, 1.54) is 5.56 Å². The third-order valence-corrected chi connectivity index (χ3v) is 4.21. The van der Waals surface area contributed by atoms with Crippen LogP contribution in [-0.4, -0.2) is 6.04 Å². The van der Waals surface area contributed by atoms with Gasteiger partial charge in [0, 0.05) is 6.04 Å². The number of aryl methyl sites for hydroxylation is 1. The molecule has 0 bridgehead atoms. The van der Waals surface area contributed by atoms with Gasteiger partial charge in [0.15, 0.2) is 0 Å². The van der Waals surface area contributed by atoms with E-state index in [2.05, 4.69) is 48.6 Å². The summed E-state index contributed by atoms with van der Waals surface area (Å²) in [7, 11) is 0. The first-order chi connectivity index (χ1) is 9.60. The molecule has 0 aromatic heterocycles. The quantitative estimate of drug-likeness (QED) is 0.764. The Kier molecular flexibility index (Phi) is 5.43. The summed E-state index contributed by atoms with van der Waals surface area (Å²) in [6, 6.07) is 14.6. The third kappa shape index (κ3) is 3.96. The second-order valence-electron chi connectivity index (χ2n) is 5.00. The Bertz CT molecular complexity index is 583. The fourth-order valence-electron chi connectivity index (χ4n) is 2.05. The molecule has 0 saturated heterocycles. The molecule has 2 rings (SSSR count). The number of benzene rings is 2. The molecule has 3 heteroatoms. The van der Waals surface area contributed by atoms with E-state index >= 15 is 0 Å². The summed E-state index contributed by atoms with van der Waals surface area (Å²) in [6.07, 6.45) is 1.92. The molecular formula is C17H20INO. The van der Waals surface area contributed by atoms with Crippen LogP contribution in [0.4, 0.5) is 0 Å². The van der Waals surface area contributed by atoms with Crippen molar-refractivity contribution in [2.75, 3.05) is 0 Å². The highest BCUT2D eigenvalue weighted by Gasteiger charge is 2.07. The van der Waals surface area contributed by atoms with Gasteiger partial charge in [0.1, 0.15) is 11.5 Å². The topological polar surface area (TPSA) is 35.2 Å². The van der Waals surface area contributed by atoms with Gasteiger partial charge in [0.2, 0.25) is 0 Å². The summed E-state index contributed by atoms with van der Waals surface area (Å²) in [5.41, 5.74) is 8.42. The molecule has 2 N–H and O–H groups in total.